The number of ether oxygens (including phenoxy) is 5. The summed E-state index contributed by atoms with van der Waals surface area (Å²) in [4.78, 5) is 3.00. The summed E-state index contributed by atoms with van der Waals surface area (Å²) in [7, 11) is 0. The van der Waals surface area contributed by atoms with Crippen LogP contribution >= 0.6 is 0 Å². The summed E-state index contributed by atoms with van der Waals surface area (Å²) < 4.78 is 29.7. The Bertz CT molecular complexity index is 484. The molecule has 2 aliphatic rings. The van der Waals surface area contributed by atoms with Crippen molar-refractivity contribution >= 4 is 0 Å². The first-order chi connectivity index (χ1) is 13.0. The molecule has 0 aromatic heterocycles. The van der Waals surface area contributed by atoms with E-state index in [1.54, 1.807) is 0 Å². The third-order valence-corrected chi connectivity index (χ3v) is 4.86. The van der Waals surface area contributed by atoms with Crippen molar-refractivity contribution in [3.8, 4) is 0 Å². The summed E-state index contributed by atoms with van der Waals surface area (Å²) >= 11 is 0. The molecule has 0 aliphatic carbocycles. The van der Waals surface area contributed by atoms with Gasteiger partial charge in [-0.3, -0.25) is 0 Å². The van der Waals surface area contributed by atoms with Gasteiger partial charge in [0.15, 0.2) is 12.1 Å². The summed E-state index contributed by atoms with van der Waals surface area (Å²) in [6.07, 6.45) is 4.79. The van der Waals surface area contributed by atoms with Crippen LogP contribution in [-0.4, -0.2) is 56.3 Å². The third-order valence-electron chi connectivity index (χ3n) is 4.86. The molecule has 2 aliphatic heterocycles. The molecule has 5 atom stereocenters. The van der Waals surface area contributed by atoms with E-state index < -0.39 is 30.3 Å². The molecule has 0 aromatic carbocycles. The van der Waals surface area contributed by atoms with Crippen molar-refractivity contribution in [3.05, 3.63) is 10.4 Å². The van der Waals surface area contributed by atoms with Gasteiger partial charge in [-0.1, -0.05) is 44.6 Å². The van der Waals surface area contributed by atoms with E-state index >= 15 is 0 Å². The number of unbranched alkanes of at least 4 members (excludes halogenated alkanes) is 4. The molecule has 0 amide bonds. The predicted octanol–water partition coefficient (Wildman–Crippen LogP) is 4.32. The second kappa shape index (κ2) is 11.2. The highest BCUT2D eigenvalue weighted by Gasteiger charge is 2.56. The molecule has 2 saturated heterocycles. The summed E-state index contributed by atoms with van der Waals surface area (Å²) in [6.45, 7) is 9.69. The van der Waals surface area contributed by atoms with Crippen molar-refractivity contribution in [2.75, 3.05) is 19.8 Å². The minimum Gasteiger partial charge on any atom is -0.379 e. The minimum absolute atomic E-state index is 0.320. The number of azide groups is 1. The lowest BCUT2D eigenvalue weighted by atomic mass is 10.0. The van der Waals surface area contributed by atoms with Crippen LogP contribution in [0.5, 0.6) is 0 Å². The van der Waals surface area contributed by atoms with Gasteiger partial charge in [-0.2, -0.15) is 0 Å². The van der Waals surface area contributed by atoms with E-state index in [0.29, 0.717) is 19.8 Å². The van der Waals surface area contributed by atoms with Gasteiger partial charge in [0, 0.05) is 18.1 Å². The monoisotopic (exact) mass is 385 g/mol. The molecule has 0 radical (unpaired) electrons. The van der Waals surface area contributed by atoms with Gasteiger partial charge in [0.2, 0.25) is 0 Å². The lowest BCUT2D eigenvalue weighted by molar-refractivity contribution is -0.222. The smallest absolute Gasteiger partial charge is 0.188 e. The number of hydrogen-bond acceptors (Lipinski definition) is 6. The van der Waals surface area contributed by atoms with Gasteiger partial charge in [0.05, 0.1) is 12.6 Å². The Morgan fingerprint density at radius 3 is 2.44 bits per heavy atom. The molecule has 0 unspecified atom stereocenters. The second-order valence-corrected chi connectivity index (χ2v) is 7.66. The van der Waals surface area contributed by atoms with Gasteiger partial charge in [0.25, 0.3) is 0 Å². The molecule has 8 heteroatoms. The second-order valence-electron chi connectivity index (χ2n) is 7.66. The molecule has 156 valence electrons. The van der Waals surface area contributed by atoms with Crippen LogP contribution in [0.15, 0.2) is 5.11 Å². The van der Waals surface area contributed by atoms with Crippen LogP contribution < -0.4 is 0 Å². The Labute approximate surface area is 162 Å². The van der Waals surface area contributed by atoms with Crippen LogP contribution in [-0.2, 0) is 23.7 Å². The zero-order chi connectivity index (χ0) is 19.7. The molecule has 2 heterocycles. The molecule has 8 nitrogen and oxygen atoms in total. The first-order valence-corrected chi connectivity index (χ1v) is 10.3. The summed E-state index contributed by atoms with van der Waals surface area (Å²) in [5, 5.41) is 3.95. The Balaban J connectivity index is 1.99. The maximum Gasteiger partial charge on any atom is 0.188 e. The van der Waals surface area contributed by atoms with Crippen LogP contribution in [0.2, 0.25) is 0 Å². The van der Waals surface area contributed by atoms with Gasteiger partial charge >= 0.3 is 0 Å². The molecule has 0 aromatic rings. The number of fused-ring (bicyclic) bond motifs is 1. The Morgan fingerprint density at radius 2 is 1.78 bits per heavy atom. The lowest BCUT2D eigenvalue weighted by Gasteiger charge is -2.29. The molecule has 0 bridgehead atoms. The maximum absolute atomic E-state index is 9.03. The molecule has 27 heavy (non-hydrogen) atoms. The Kier molecular flexibility index (Phi) is 9.29. The summed E-state index contributed by atoms with van der Waals surface area (Å²) in [5.74, 6) is -0.752. The standard InChI is InChI=1S/C19H35N3O5/c1-5-7-9-11-23-13-14(24-12-10-8-6-2)16-15(21-22-20)17-18(25-16)27-19(3,4)26-17/h14-18H,5-13H2,1-4H3/t14-,15+,16-,17-,18-/m1/s1. The average Bonchev–Trinajstić information content (AvgIpc) is 3.09. The van der Waals surface area contributed by atoms with Crippen LogP contribution in [0.3, 0.4) is 0 Å². The molecule has 2 fully saturated rings. The predicted molar refractivity (Wildman–Crippen MR) is 101 cm³/mol. The van der Waals surface area contributed by atoms with E-state index in [1.807, 2.05) is 13.8 Å². The molecular formula is C19H35N3O5. The summed E-state index contributed by atoms with van der Waals surface area (Å²) in [6, 6.07) is -0.503. The number of hydrogen-bond donors (Lipinski definition) is 0. The summed E-state index contributed by atoms with van der Waals surface area (Å²) in [5.41, 5.74) is 9.03. The minimum atomic E-state index is -0.752. The zero-order valence-electron chi connectivity index (χ0n) is 17.1. The highest BCUT2D eigenvalue weighted by molar-refractivity contribution is 5.00. The van der Waals surface area contributed by atoms with Gasteiger partial charge < -0.3 is 23.7 Å². The highest BCUT2D eigenvalue weighted by Crippen LogP contribution is 2.40. The van der Waals surface area contributed by atoms with Gasteiger partial charge in [-0.25, -0.2) is 0 Å². The highest BCUT2D eigenvalue weighted by atomic mass is 16.8. The van der Waals surface area contributed by atoms with E-state index in [9.17, 15) is 0 Å². The fourth-order valence-electron chi connectivity index (χ4n) is 3.49. The van der Waals surface area contributed by atoms with Crippen molar-refractivity contribution in [1.82, 2.24) is 0 Å². The molecule has 0 N–H and O–H groups in total. The molecular weight excluding hydrogens is 350 g/mol. The average molecular weight is 386 g/mol. The SMILES string of the molecule is CCCCCOC[C@@H](OCCCCC)[C@H]1O[C@@H]2OC(C)(C)O[C@@H]2[C@H]1N=[N+]=[N-]. The maximum atomic E-state index is 9.03. The first kappa shape index (κ1) is 22.4. The lowest BCUT2D eigenvalue weighted by Crippen LogP contribution is -2.43. The van der Waals surface area contributed by atoms with E-state index in [1.165, 1.54) is 0 Å². The van der Waals surface area contributed by atoms with Gasteiger partial charge in [-0.05, 0) is 32.2 Å². The largest absolute Gasteiger partial charge is 0.379 e. The van der Waals surface area contributed by atoms with Crippen LogP contribution in [0, 0.1) is 0 Å². The quantitative estimate of drug-likeness (QED) is 0.204. The van der Waals surface area contributed by atoms with E-state index in [0.717, 1.165) is 38.5 Å². The topological polar surface area (TPSA) is 94.9 Å². The van der Waals surface area contributed by atoms with Gasteiger partial charge in [0.1, 0.15) is 18.3 Å². The number of rotatable bonds is 13. The molecule has 2 rings (SSSR count). The first-order valence-electron chi connectivity index (χ1n) is 10.3. The van der Waals surface area contributed by atoms with Crippen molar-refractivity contribution in [3.63, 3.8) is 0 Å². The fraction of sp³-hybridized carbons (Fsp3) is 1.00. The van der Waals surface area contributed by atoms with Crippen molar-refractivity contribution < 1.29 is 23.7 Å². The zero-order valence-corrected chi connectivity index (χ0v) is 17.1. The van der Waals surface area contributed by atoms with Crippen molar-refractivity contribution in [2.45, 2.75) is 103 Å². The normalized spacial score (nSPS) is 30.1. The van der Waals surface area contributed by atoms with Crippen LogP contribution in [0.1, 0.15) is 66.2 Å². The Morgan fingerprint density at radius 1 is 1.07 bits per heavy atom. The Hall–Kier alpha value is -0.890. The van der Waals surface area contributed by atoms with E-state index in [2.05, 4.69) is 23.9 Å². The van der Waals surface area contributed by atoms with Crippen LogP contribution in [0.4, 0.5) is 0 Å². The van der Waals surface area contributed by atoms with E-state index in [-0.39, 0.29) is 6.10 Å². The molecule has 0 saturated carbocycles. The molecule has 0 spiro atoms. The fourth-order valence-corrected chi connectivity index (χ4v) is 3.49. The van der Waals surface area contributed by atoms with Gasteiger partial charge in [-0.15, -0.1) is 0 Å². The third kappa shape index (κ3) is 6.59. The van der Waals surface area contributed by atoms with E-state index in [4.69, 9.17) is 29.2 Å². The van der Waals surface area contributed by atoms with Crippen molar-refractivity contribution in [2.24, 2.45) is 5.11 Å². The van der Waals surface area contributed by atoms with Crippen LogP contribution in [0.25, 0.3) is 10.4 Å². The number of nitrogens with zero attached hydrogens (tertiary/aromatic N) is 3. The van der Waals surface area contributed by atoms with Crippen molar-refractivity contribution in [1.29, 1.82) is 0 Å².